The monoisotopic (exact) mass is 2050 g/mol. The second-order valence-corrected chi connectivity index (χ2v) is 33.5. The van der Waals surface area contributed by atoms with Crippen molar-refractivity contribution in [2.75, 3.05) is 73.4 Å². The van der Waals surface area contributed by atoms with Gasteiger partial charge in [0.2, 0.25) is 23.3 Å². The van der Waals surface area contributed by atoms with Crippen LogP contribution in [0.25, 0.3) is 35.2 Å². The molecule has 31 heteroatoms. The molecule has 9 heterocycles. The van der Waals surface area contributed by atoms with Gasteiger partial charge in [0.25, 0.3) is 0 Å². The van der Waals surface area contributed by atoms with Gasteiger partial charge in [0.15, 0.2) is 68.5 Å². The number of methoxy groups -OCH3 is 2. The number of imidazole rings is 1. The van der Waals surface area contributed by atoms with E-state index in [1.165, 1.54) is 22.5 Å². The molecule has 0 saturated carbocycles. The number of aromatic hydroxyl groups is 1. The zero-order chi connectivity index (χ0) is 101. The molecule has 18 rings (SSSR count). The third-order valence-electron chi connectivity index (χ3n) is 22.0. The van der Waals surface area contributed by atoms with E-state index < -0.39 is 0 Å². The van der Waals surface area contributed by atoms with Crippen molar-refractivity contribution in [2.45, 2.75) is 28.7 Å². The topological polar surface area (TPSA) is 243 Å². The maximum atomic E-state index is 10.1. The molecule has 760 valence electrons. The standard InChI is InChI=1S/C15H13ClN4O.C15H18N3O.C15H16N3.C14H15ClN3.C14H16N3.2C14H14N2.C12H15N4O.3CH4.2ClH/c1-19-9-10-3-8-13(21)14(15(10)20(19)2)18-17-12-6-4-11(16)5-7-12;1-17-10-8-13(9-11-17)12-16-18(2)14-4-6-15(19-3)7-5-14;1-17-10-5-4-7-14(17)12-16-18-11-9-13-6-2-3-8-15(13)18;1-17-10-4-3-5-14(17)11-16-18(2)13-8-6-12(15)7-9-13;1-16-10-8-13(9-11-16)12-15-17(2)14-6-4-3-5-7-14;1-16-10-8-13(9-11-16)3-2-12-4-6-14(15)7-5-12;1-16-11-3-2-4-14(16)10-7-12-5-8-13(15)9-6-12;1-15-8-9-16(2)12(15)14-13-10-4-6-11(17-3)7-5-10;;;;;/h3-9H,1-2H3;4-12H,1-3H3;2-8,10,12H,9,11H2,1H3;3-11H,1-2H3;3-12H,1-2H3;2*2-11,15H,1H3;4-9H,1-3H3;3*1H4;2*1H/q;4*+1;;;+1;;;;;/p+1. The first kappa shape index (κ1) is 119. The summed E-state index contributed by atoms with van der Waals surface area (Å²) >= 11 is 11.7. The van der Waals surface area contributed by atoms with Gasteiger partial charge in [-0.2, -0.15) is 30.2 Å². The zero-order valence-corrected chi connectivity index (χ0v) is 86.6. The highest BCUT2D eigenvalue weighted by molar-refractivity contribution is 6.31. The first-order valence-electron chi connectivity index (χ1n) is 45.6. The van der Waals surface area contributed by atoms with Crippen LogP contribution in [0.4, 0.5) is 57.1 Å². The number of benzene rings is 9. The molecule has 0 bridgehead atoms. The molecule has 5 N–H and O–H groups in total. The molecule has 0 atom stereocenters. The number of aryl methyl sites for hydroxylation is 10. The molecule has 1 aliphatic heterocycles. The van der Waals surface area contributed by atoms with Crippen LogP contribution >= 0.6 is 23.2 Å². The summed E-state index contributed by atoms with van der Waals surface area (Å²) in [7, 11) is 28.8. The predicted molar refractivity (Wildman–Crippen MR) is 595 cm³/mol. The summed E-state index contributed by atoms with van der Waals surface area (Å²) in [5.74, 6) is 2.55. The van der Waals surface area contributed by atoms with E-state index in [0.717, 1.165) is 114 Å². The van der Waals surface area contributed by atoms with Gasteiger partial charge in [-0.15, -0.1) is 9.80 Å². The lowest BCUT2D eigenvalue weighted by atomic mass is 10.1. The Balaban J connectivity index is 0.000000256. The Morgan fingerprint density at radius 3 is 1.24 bits per heavy atom. The highest BCUT2D eigenvalue weighted by atomic mass is 35.5. The van der Waals surface area contributed by atoms with Crippen molar-refractivity contribution in [3.05, 3.63) is 438 Å². The van der Waals surface area contributed by atoms with Gasteiger partial charge in [-0.05, 0) is 205 Å². The number of rotatable bonds is 21. The lowest BCUT2D eigenvalue weighted by Crippen LogP contribution is -3.00. The smallest absolute Gasteiger partial charge is 0.421 e. The number of pyridine rings is 6. The summed E-state index contributed by atoms with van der Waals surface area (Å²) < 4.78 is 30.0. The fourth-order valence-corrected chi connectivity index (χ4v) is 13.7. The Labute approximate surface area is 888 Å². The first-order chi connectivity index (χ1) is 68.7. The van der Waals surface area contributed by atoms with Gasteiger partial charge in [-0.25, -0.2) is 36.5 Å². The summed E-state index contributed by atoms with van der Waals surface area (Å²) in [6, 6.07) is 98.0. The van der Waals surface area contributed by atoms with E-state index in [9.17, 15) is 5.11 Å². The number of hydrogen-bond donors (Lipinski definition) is 3. The Morgan fingerprint density at radius 1 is 0.381 bits per heavy atom. The molecule has 0 fully saturated rings. The van der Waals surface area contributed by atoms with Crippen LogP contribution < -0.4 is 102 Å². The summed E-state index contributed by atoms with van der Waals surface area (Å²) in [6.45, 7) is 0.965. The van der Waals surface area contributed by atoms with Crippen LogP contribution in [-0.2, 0) is 76.9 Å². The molecule has 0 amide bonds. The molecule has 8 aromatic heterocycles. The lowest BCUT2D eigenvalue weighted by molar-refractivity contribution is -0.748. The number of fused-ring (bicyclic) bond motifs is 2. The fraction of sp³-hybridized carbons (Fsp3) is 0.172. The number of anilines is 6. The van der Waals surface area contributed by atoms with Crippen LogP contribution in [0.15, 0.2) is 419 Å². The van der Waals surface area contributed by atoms with E-state index in [1.54, 1.807) is 44.6 Å². The molecule has 0 saturated heterocycles. The number of aromatic nitrogens is 10. The third-order valence-corrected chi connectivity index (χ3v) is 22.5. The highest BCUT2D eigenvalue weighted by Crippen LogP contribution is 2.36. The van der Waals surface area contributed by atoms with Gasteiger partial charge in [-0.1, -0.05) is 123 Å². The second kappa shape index (κ2) is 62.0. The zero-order valence-electron chi connectivity index (χ0n) is 83.6. The molecule has 147 heavy (non-hydrogen) atoms. The first-order valence-corrected chi connectivity index (χ1v) is 46.3. The maximum Gasteiger partial charge on any atom is 0.421 e. The molecule has 0 spiro atoms. The summed E-state index contributed by atoms with van der Waals surface area (Å²) in [5, 5.41) is 54.5. The third kappa shape index (κ3) is 38.8. The molecule has 0 aliphatic carbocycles. The number of hydrazone groups is 4. The van der Waals surface area contributed by atoms with Crippen molar-refractivity contribution >= 4 is 140 Å². The van der Waals surface area contributed by atoms with Crippen LogP contribution in [0, 0.1) is 0 Å². The number of phenolic OH excluding ortho intramolecular Hbond substituents is 1. The van der Waals surface area contributed by atoms with Crippen LogP contribution in [-0.4, -0.2) is 81.1 Å². The molecule has 0 unspecified atom stereocenters. The number of phenols is 1. The van der Waals surface area contributed by atoms with Gasteiger partial charge < -0.3 is 50.9 Å². The number of halogens is 4. The number of azo groups is 2. The number of ether oxygens (including phenoxy) is 2. The second-order valence-electron chi connectivity index (χ2n) is 32.7. The van der Waals surface area contributed by atoms with Crippen molar-refractivity contribution in [2.24, 2.45) is 111 Å². The molecular weight excluding hydrogens is 1920 g/mol. The minimum Gasteiger partial charge on any atom is -1.00 e. The van der Waals surface area contributed by atoms with Crippen LogP contribution in [0.1, 0.15) is 72.7 Å². The van der Waals surface area contributed by atoms with Gasteiger partial charge >= 0.3 is 5.95 Å². The number of nitrogens with two attached hydrogens (primary N) is 2. The van der Waals surface area contributed by atoms with Gasteiger partial charge in [0.05, 0.1) is 94.0 Å². The number of hydrogen-bond acceptors (Lipinski definition) is 17. The average Bonchev–Trinajstić information content (AvgIpc) is 1.64. The number of para-hydroxylation sites is 2. The molecule has 27 nitrogen and oxygen atoms in total. The molecular formula is C116H136Cl4N24O3+6. The number of nitrogen functional groups attached to an aromatic ring is 2. The minimum atomic E-state index is 0. The van der Waals surface area contributed by atoms with E-state index in [1.807, 2.05) is 467 Å². The summed E-state index contributed by atoms with van der Waals surface area (Å²) in [4.78, 5) is 0. The molecule has 17 aromatic rings. The molecule has 9 aromatic carbocycles. The number of nitrogens with zero attached hydrogens (tertiary/aromatic N) is 22. The van der Waals surface area contributed by atoms with E-state index in [4.69, 9.17) is 44.1 Å². The molecule has 1 aliphatic rings. The summed E-state index contributed by atoms with van der Waals surface area (Å²) in [5.41, 5.74) is 30.2. The van der Waals surface area contributed by atoms with Gasteiger partial charge in [0.1, 0.15) is 83.2 Å². The van der Waals surface area contributed by atoms with Crippen molar-refractivity contribution in [3.63, 3.8) is 0 Å². The van der Waals surface area contributed by atoms with Crippen molar-refractivity contribution in [1.29, 1.82) is 0 Å². The quantitative estimate of drug-likeness (QED) is 0.0203. The largest absolute Gasteiger partial charge is 1.00 e. The lowest BCUT2D eigenvalue weighted by Gasteiger charge is -2.12. The van der Waals surface area contributed by atoms with Crippen LogP contribution in [0.5, 0.6) is 17.2 Å². The Kier molecular flexibility index (Phi) is 50.2. The van der Waals surface area contributed by atoms with Crippen molar-refractivity contribution < 1.29 is 76.0 Å². The van der Waals surface area contributed by atoms with Crippen molar-refractivity contribution in [3.8, 4) is 17.2 Å². The molecule has 0 radical (unpaired) electrons. The van der Waals surface area contributed by atoms with Crippen molar-refractivity contribution in [1.82, 2.24) is 9.25 Å². The minimum absolute atomic E-state index is 0. The normalized spacial score (nSPS) is 11.0. The Bertz CT molecular complexity index is 7010. The highest BCUT2D eigenvalue weighted by Gasteiger charge is 2.20. The van der Waals surface area contributed by atoms with Crippen LogP contribution in [0.2, 0.25) is 10.0 Å². The van der Waals surface area contributed by atoms with E-state index in [-0.39, 0.29) is 52.8 Å². The fourth-order valence-electron chi connectivity index (χ4n) is 13.4. The van der Waals surface area contributed by atoms with E-state index >= 15 is 0 Å². The van der Waals surface area contributed by atoms with E-state index in [0.29, 0.717) is 16.4 Å². The Morgan fingerprint density at radius 2 is 0.776 bits per heavy atom. The van der Waals surface area contributed by atoms with E-state index in [2.05, 4.69) is 128 Å². The maximum absolute atomic E-state index is 10.1. The van der Waals surface area contributed by atoms with Gasteiger partial charge in [-0.3, -0.25) is 20.0 Å². The van der Waals surface area contributed by atoms with Gasteiger partial charge in [0, 0.05) is 144 Å². The predicted octanol–water partition coefficient (Wildman–Crippen LogP) is 15.0. The SMILES string of the molecule is C.C.C.CN(N=Cc1cc[n+](C)cc1)c1ccccc1.CN(N=Cc1cccc[n+]1C)c1ccc(Cl)cc1.COc1ccc(N(C)N=Cc2cc[n+](C)cc2)cc1.COc1ccc(N=Nc2n(C)cc[n+]2C)cc1.C[n+]1ccc(C=Cc2ccc(N)cc2)cc1.C[n+]1ccccc1C=Cc1ccc(N)cc1.C[n+]1ccccc1C=NN1CCc2ccccc21.Cn1c2c(N=Nc3ccc(Cl)cc3)c(O)ccc2c[n+]1C.[Cl-].[Cl-]. The average molecular weight is 2060 g/mol. The summed E-state index contributed by atoms with van der Waals surface area (Å²) in [6.07, 6.45) is 40.8. The van der Waals surface area contributed by atoms with Crippen LogP contribution in [0.3, 0.4) is 0 Å². The Hall–Kier alpha value is -16.7.